The van der Waals surface area contributed by atoms with Gasteiger partial charge in [-0.15, -0.1) is 0 Å². The topological polar surface area (TPSA) is 67.2 Å². The number of hydrogen-bond donors (Lipinski definition) is 1. The summed E-state index contributed by atoms with van der Waals surface area (Å²) in [6, 6.07) is 16.3. The van der Waals surface area contributed by atoms with Crippen LogP contribution in [0.3, 0.4) is 0 Å². The van der Waals surface area contributed by atoms with Crippen LogP contribution < -0.4 is 15.0 Å². The van der Waals surface area contributed by atoms with E-state index in [0.29, 0.717) is 19.9 Å². The van der Waals surface area contributed by atoms with Crippen LogP contribution in [0.1, 0.15) is 11.7 Å². The van der Waals surface area contributed by atoms with Crippen molar-refractivity contribution in [3.05, 3.63) is 54.1 Å². The lowest BCUT2D eigenvalue weighted by atomic mass is 10.1. The molecule has 0 radical (unpaired) electrons. The van der Waals surface area contributed by atoms with Crippen molar-refractivity contribution in [2.75, 3.05) is 45.6 Å². The molecular weight excluding hydrogens is 368 g/mol. The van der Waals surface area contributed by atoms with Gasteiger partial charge in [-0.1, -0.05) is 24.3 Å². The van der Waals surface area contributed by atoms with E-state index >= 15 is 0 Å². The number of methoxy groups -OCH3 is 2. The molecule has 0 saturated carbocycles. The smallest absolute Gasteiger partial charge is 0.216 e. The number of hydrogen-bond acceptors (Lipinski definition) is 7. The molecule has 0 aliphatic carbocycles. The maximum absolute atomic E-state index is 5.45. The third-order valence-corrected chi connectivity index (χ3v) is 5.38. The van der Waals surface area contributed by atoms with Crippen molar-refractivity contribution >= 4 is 22.9 Å². The molecule has 0 spiro atoms. The molecule has 3 aromatic rings. The van der Waals surface area contributed by atoms with Crippen molar-refractivity contribution in [1.29, 1.82) is 0 Å². The predicted molar refractivity (Wildman–Crippen MR) is 112 cm³/mol. The molecule has 1 atom stereocenters. The van der Waals surface area contributed by atoms with E-state index < -0.39 is 0 Å². The number of ether oxygens (including phenoxy) is 2. The third-order valence-electron chi connectivity index (χ3n) is 5.38. The lowest BCUT2D eigenvalue weighted by molar-refractivity contribution is 0.147. The number of nitrogens with zero attached hydrogens (tertiary/aromatic N) is 5. The fraction of sp³-hybridized carbons (Fsp3) is 0.333. The summed E-state index contributed by atoms with van der Waals surface area (Å²) in [6.07, 6.45) is -0.118. The standard InChI is InChI=1S/C21H24N6O2/c1-28-11-10-25-13-22-20-24-19(15-6-5-7-16(12-15)29-2)27-18-9-4-3-8-17(18)23-21(27)26(20)14-25/h3-9,12,19H,10-11,13-14H2,1-2H3,(H,22,24)/t19-/m1/s1. The van der Waals surface area contributed by atoms with Gasteiger partial charge in [0.25, 0.3) is 0 Å². The largest absolute Gasteiger partial charge is 0.497 e. The Morgan fingerprint density at radius 2 is 2.03 bits per heavy atom. The lowest BCUT2D eigenvalue weighted by Crippen LogP contribution is -2.57. The summed E-state index contributed by atoms with van der Waals surface area (Å²) >= 11 is 0. The summed E-state index contributed by atoms with van der Waals surface area (Å²) in [5.41, 5.74) is 3.14. The van der Waals surface area contributed by atoms with Gasteiger partial charge in [0.15, 0.2) is 0 Å². The number of para-hydroxylation sites is 2. The maximum atomic E-state index is 5.45. The number of anilines is 1. The normalized spacial score (nSPS) is 18.8. The Morgan fingerprint density at radius 1 is 1.14 bits per heavy atom. The van der Waals surface area contributed by atoms with Crippen LogP contribution in [0, 0.1) is 0 Å². The van der Waals surface area contributed by atoms with Crippen LogP contribution >= 0.6 is 0 Å². The Morgan fingerprint density at radius 3 is 2.90 bits per heavy atom. The van der Waals surface area contributed by atoms with Crippen molar-refractivity contribution in [2.24, 2.45) is 4.99 Å². The Labute approximate surface area is 169 Å². The van der Waals surface area contributed by atoms with Gasteiger partial charge in [0.1, 0.15) is 11.9 Å². The van der Waals surface area contributed by atoms with Crippen molar-refractivity contribution < 1.29 is 9.47 Å². The summed E-state index contributed by atoms with van der Waals surface area (Å²) in [5.74, 6) is 2.56. The molecule has 2 aliphatic rings. The molecular formula is C21H24N6O2. The Hall–Kier alpha value is -3.10. The SMILES string of the molecule is COCCN1CN=C2N[C@@H](c3cccc(OC)c3)n3c(nc4ccccc43)N2C1. The van der Waals surface area contributed by atoms with Crippen molar-refractivity contribution in [3.8, 4) is 5.75 Å². The zero-order valence-electron chi connectivity index (χ0n) is 16.6. The van der Waals surface area contributed by atoms with Crippen molar-refractivity contribution in [2.45, 2.75) is 6.17 Å². The number of imidazole rings is 1. The Kier molecular flexibility index (Phi) is 4.57. The van der Waals surface area contributed by atoms with Gasteiger partial charge in [0.05, 0.1) is 38.1 Å². The van der Waals surface area contributed by atoms with Crippen molar-refractivity contribution in [1.82, 2.24) is 19.8 Å². The average molecular weight is 392 g/mol. The highest BCUT2D eigenvalue weighted by Crippen LogP contribution is 2.34. The number of nitrogens with one attached hydrogen (secondary N) is 1. The second-order valence-corrected chi connectivity index (χ2v) is 7.17. The van der Waals surface area contributed by atoms with Gasteiger partial charge in [-0.2, -0.15) is 0 Å². The molecule has 8 nitrogen and oxygen atoms in total. The summed E-state index contributed by atoms with van der Waals surface area (Å²) in [6.45, 7) is 2.84. The Balaban J connectivity index is 1.62. The maximum Gasteiger partial charge on any atom is 0.216 e. The number of fused-ring (bicyclic) bond motifs is 5. The average Bonchev–Trinajstić information content (AvgIpc) is 3.17. The first-order chi connectivity index (χ1) is 14.3. The van der Waals surface area contributed by atoms with E-state index in [1.165, 1.54) is 0 Å². The molecule has 0 saturated heterocycles. The van der Waals surface area contributed by atoms with Crippen LogP contribution in [0.5, 0.6) is 5.75 Å². The van der Waals surface area contributed by atoms with Gasteiger partial charge < -0.3 is 14.8 Å². The highest BCUT2D eigenvalue weighted by molar-refractivity contribution is 5.98. The second-order valence-electron chi connectivity index (χ2n) is 7.17. The van der Waals surface area contributed by atoms with Crippen LogP contribution in [0.15, 0.2) is 53.5 Å². The first kappa shape index (κ1) is 18.0. The van der Waals surface area contributed by atoms with Gasteiger partial charge in [-0.25, -0.2) is 9.98 Å². The van der Waals surface area contributed by atoms with Gasteiger partial charge in [-0.05, 0) is 29.8 Å². The van der Waals surface area contributed by atoms with E-state index in [2.05, 4.69) is 37.9 Å². The minimum absolute atomic E-state index is 0.118. The van der Waals surface area contributed by atoms with Crippen LogP contribution in [-0.4, -0.2) is 61.1 Å². The summed E-state index contributed by atoms with van der Waals surface area (Å²) in [4.78, 5) is 14.1. The zero-order valence-corrected chi connectivity index (χ0v) is 16.6. The summed E-state index contributed by atoms with van der Waals surface area (Å²) < 4.78 is 12.9. The van der Waals surface area contributed by atoms with E-state index in [0.717, 1.165) is 40.8 Å². The number of guanidine groups is 1. The first-order valence-corrected chi connectivity index (χ1v) is 9.69. The number of rotatable bonds is 5. The number of aliphatic imine (C=N–C) groups is 1. The third kappa shape index (κ3) is 3.10. The summed E-state index contributed by atoms with van der Waals surface area (Å²) in [5, 5.41) is 3.62. The molecule has 2 aromatic carbocycles. The monoisotopic (exact) mass is 392 g/mol. The molecule has 0 bridgehead atoms. The van der Waals surface area contributed by atoms with Crippen LogP contribution in [0.4, 0.5) is 5.95 Å². The van der Waals surface area contributed by atoms with Crippen molar-refractivity contribution in [3.63, 3.8) is 0 Å². The highest BCUT2D eigenvalue weighted by Gasteiger charge is 2.35. The van der Waals surface area contributed by atoms with Crippen LogP contribution in [-0.2, 0) is 4.74 Å². The van der Waals surface area contributed by atoms with Gasteiger partial charge >= 0.3 is 0 Å². The Bertz CT molecular complexity index is 1060. The fourth-order valence-corrected chi connectivity index (χ4v) is 3.91. The molecule has 0 amide bonds. The molecule has 8 heteroatoms. The minimum atomic E-state index is -0.118. The molecule has 1 N–H and O–H groups in total. The summed E-state index contributed by atoms with van der Waals surface area (Å²) in [7, 11) is 3.41. The molecule has 5 rings (SSSR count). The first-order valence-electron chi connectivity index (χ1n) is 9.69. The quantitative estimate of drug-likeness (QED) is 0.718. The van der Waals surface area contributed by atoms with E-state index in [1.54, 1.807) is 14.2 Å². The molecule has 3 heterocycles. The van der Waals surface area contributed by atoms with E-state index in [9.17, 15) is 0 Å². The lowest BCUT2D eigenvalue weighted by Gasteiger charge is -2.41. The van der Waals surface area contributed by atoms with Gasteiger partial charge in [0.2, 0.25) is 11.9 Å². The highest BCUT2D eigenvalue weighted by atomic mass is 16.5. The molecule has 0 unspecified atom stereocenters. The van der Waals surface area contributed by atoms with Gasteiger partial charge in [0, 0.05) is 13.7 Å². The van der Waals surface area contributed by atoms with E-state index in [4.69, 9.17) is 19.5 Å². The molecule has 1 aromatic heterocycles. The molecule has 29 heavy (non-hydrogen) atoms. The van der Waals surface area contributed by atoms with E-state index in [1.807, 2.05) is 30.3 Å². The van der Waals surface area contributed by atoms with E-state index in [-0.39, 0.29) is 6.17 Å². The minimum Gasteiger partial charge on any atom is -0.497 e. The fourth-order valence-electron chi connectivity index (χ4n) is 3.91. The molecule has 2 aliphatic heterocycles. The predicted octanol–water partition coefficient (Wildman–Crippen LogP) is 2.23. The van der Waals surface area contributed by atoms with Crippen LogP contribution in [0.2, 0.25) is 0 Å². The number of aromatic nitrogens is 2. The molecule has 0 fully saturated rings. The number of benzene rings is 2. The zero-order chi connectivity index (χ0) is 19.8. The van der Waals surface area contributed by atoms with Crippen LogP contribution in [0.25, 0.3) is 11.0 Å². The second kappa shape index (κ2) is 7.38. The van der Waals surface area contributed by atoms with Gasteiger partial charge in [-0.3, -0.25) is 14.4 Å². The molecule has 150 valence electrons.